The van der Waals surface area contributed by atoms with Crippen LogP contribution in [0.2, 0.25) is 0 Å². The van der Waals surface area contributed by atoms with Crippen LogP contribution in [0.4, 0.5) is 0 Å². The number of rotatable bonds is 2. The van der Waals surface area contributed by atoms with Crippen molar-refractivity contribution in [3.63, 3.8) is 0 Å². The molecule has 3 nitrogen and oxygen atoms in total. The third-order valence-corrected chi connectivity index (χ3v) is 3.69. The first-order valence-electron chi connectivity index (χ1n) is 7.00. The number of benzene rings is 1. The highest BCUT2D eigenvalue weighted by atomic mass is 16.2. The van der Waals surface area contributed by atoms with Crippen molar-refractivity contribution in [1.82, 2.24) is 5.32 Å². The first kappa shape index (κ1) is 14.2. The topological polar surface area (TPSA) is 52.9 Å². The van der Waals surface area contributed by atoms with Gasteiger partial charge >= 0.3 is 0 Å². The monoisotopic (exact) mass is 266 g/mol. The van der Waals surface area contributed by atoms with Crippen LogP contribution >= 0.6 is 0 Å². The van der Waals surface area contributed by atoms with E-state index in [1.54, 1.807) is 0 Å². The van der Waals surface area contributed by atoms with Gasteiger partial charge in [-0.2, -0.15) is 5.26 Å². The minimum absolute atomic E-state index is 0.0492. The predicted molar refractivity (Wildman–Crippen MR) is 77.5 cm³/mol. The van der Waals surface area contributed by atoms with E-state index >= 15 is 0 Å². The van der Waals surface area contributed by atoms with Gasteiger partial charge in [0.05, 0.1) is 6.07 Å². The minimum Gasteiger partial charge on any atom is -0.342 e. The molecule has 1 aromatic carbocycles. The number of nitriles is 1. The number of carbonyl (C=O) groups is 1. The van der Waals surface area contributed by atoms with Gasteiger partial charge in [-0.15, -0.1) is 0 Å². The molecule has 1 aliphatic carbocycles. The summed E-state index contributed by atoms with van der Waals surface area (Å²) in [4.78, 5) is 12.3. The van der Waals surface area contributed by atoms with Gasteiger partial charge in [0, 0.05) is 5.56 Å². The molecule has 0 bridgehead atoms. The Morgan fingerprint density at radius 2 is 1.90 bits per heavy atom. The average Bonchev–Trinajstić information content (AvgIpc) is 2.52. The van der Waals surface area contributed by atoms with E-state index in [0.717, 1.165) is 37.7 Å². The van der Waals surface area contributed by atoms with E-state index in [-0.39, 0.29) is 12.5 Å². The van der Waals surface area contributed by atoms with Crippen molar-refractivity contribution in [3.8, 4) is 17.9 Å². The van der Waals surface area contributed by atoms with E-state index in [4.69, 9.17) is 5.26 Å². The molecule has 0 radical (unpaired) electrons. The molecule has 3 heteroatoms. The molecule has 0 spiro atoms. The number of nitrogens with zero attached hydrogens (tertiary/aromatic N) is 1. The lowest BCUT2D eigenvalue weighted by Crippen LogP contribution is -2.41. The Balaban J connectivity index is 2.22. The summed E-state index contributed by atoms with van der Waals surface area (Å²) >= 11 is 0. The van der Waals surface area contributed by atoms with E-state index in [1.165, 1.54) is 0 Å². The Kier molecular flexibility index (Phi) is 4.80. The molecule has 2 rings (SSSR count). The van der Waals surface area contributed by atoms with Crippen molar-refractivity contribution < 1.29 is 4.79 Å². The lowest BCUT2D eigenvalue weighted by Gasteiger charge is -2.30. The van der Waals surface area contributed by atoms with Gasteiger partial charge < -0.3 is 5.32 Å². The average molecular weight is 266 g/mol. The first-order valence-corrected chi connectivity index (χ1v) is 7.00. The third-order valence-electron chi connectivity index (χ3n) is 3.69. The Morgan fingerprint density at radius 1 is 1.20 bits per heavy atom. The molecule has 102 valence electrons. The van der Waals surface area contributed by atoms with Crippen LogP contribution in [0.3, 0.4) is 0 Å². The van der Waals surface area contributed by atoms with E-state index in [2.05, 4.69) is 17.2 Å². The summed E-state index contributed by atoms with van der Waals surface area (Å²) in [5.74, 6) is 6.21. The summed E-state index contributed by atoms with van der Waals surface area (Å²) in [7, 11) is 0. The van der Waals surface area contributed by atoms with E-state index < -0.39 is 5.41 Å². The normalized spacial score (nSPS) is 16.4. The second-order valence-electron chi connectivity index (χ2n) is 5.10. The molecule has 20 heavy (non-hydrogen) atoms. The van der Waals surface area contributed by atoms with Gasteiger partial charge in [-0.1, -0.05) is 49.3 Å². The minimum atomic E-state index is -0.620. The maximum Gasteiger partial charge on any atom is 0.239 e. The van der Waals surface area contributed by atoms with Gasteiger partial charge in [0.15, 0.2) is 0 Å². The predicted octanol–water partition coefficient (Wildman–Crippen LogP) is 2.63. The number of nitrogens with one attached hydrogen (secondary N) is 1. The highest BCUT2D eigenvalue weighted by molar-refractivity contribution is 5.86. The lowest BCUT2D eigenvalue weighted by molar-refractivity contribution is -0.129. The van der Waals surface area contributed by atoms with Crippen molar-refractivity contribution in [2.75, 3.05) is 6.54 Å². The van der Waals surface area contributed by atoms with E-state index in [9.17, 15) is 4.79 Å². The molecule has 0 saturated heterocycles. The zero-order valence-corrected chi connectivity index (χ0v) is 11.5. The number of carbonyl (C=O) groups excluding carboxylic acids is 1. The SMILES string of the molecule is N#CCNC(=O)C1(C#Cc2ccccc2)CCCCC1. The molecular weight excluding hydrogens is 248 g/mol. The molecule has 1 fully saturated rings. The molecule has 1 aromatic rings. The van der Waals surface area contributed by atoms with Gasteiger partial charge in [0.25, 0.3) is 0 Å². The van der Waals surface area contributed by atoms with Gasteiger partial charge in [-0.25, -0.2) is 0 Å². The second-order valence-corrected chi connectivity index (χ2v) is 5.10. The Morgan fingerprint density at radius 3 is 2.55 bits per heavy atom. The third kappa shape index (κ3) is 3.39. The Bertz CT molecular complexity index is 554. The maximum absolute atomic E-state index is 12.3. The zero-order chi connectivity index (χ0) is 14.3. The lowest BCUT2D eigenvalue weighted by atomic mass is 9.73. The van der Waals surface area contributed by atoms with Crippen LogP contribution in [0.25, 0.3) is 0 Å². The molecule has 1 N–H and O–H groups in total. The molecule has 0 heterocycles. The molecule has 1 aliphatic rings. The summed E-state index contributed by atoms with van der Waals surface area (Å²) in [6, 6.07) is 11.7. The fourth-order valence-electron chi connectivity index (χ4n) is 2.57. The summed E-state index contributed by atoms with van der Waals surface area (Å²) in [5, 5.41) is 11.3. The number of amides is 1. The standard InChI is InChI=1S/C17H18N2O/c18-13-14-19-16(20)17(10-5-2-6-11-17)12-9-15-7-3-1-4-8-15/h1,3-4,7-8H,2,5-6,10-11,14H2,(H,19,20). The van der Waals surface area contributed by atoms with E-state index in [0.29, 0.717) is 0 Å². The van der Waals surface area contributed by atoms with Crippen molar-refractivity contribution in [1.29, 1.82) is 5.26 Å². The number of hydrogen-bond acceptors (Lipinski definition) is 2. The van der Waals surface area contributed by atoms with Crippen LogP contribution < -0.4 is 5.32 Å². The molecular formula is C17H18N2O. The second kappa shape index (κ2) is 6.78. The smallest absolute Gasteiger partial charge is 0.239 e. The van der Waals surface area contributed by atoms with Crippen LogP contribution in [0.15, 0.2) is 30.3 Å². The molecule has 0 unspecified atom stereocenters. The fourth-order valence-corrected chi connectivity index (χ4v) is 2.57. The number of hydrogen-bond donors (Lipinski definition) is 1. The van der Waals surface area contributed by atoms with Crippen LogP contribution in [0.1, 0.15) is 37.7 Å². The molecule has 1 amide bonds. The quantitative estimate of drug-likeness (QED) is 0.661. The fraction of sp³-hybridized carbons (Fsp3) is 0.412. The summed E-state index contributed by atoms with van der Waals surface area (Å²) in [6.07, 6.45) is 4.75. The van der Waals surface area contributed by atoms with Crippen molar-refractivity contribution in [3.05, 3.63) is 35.9 Å². The van der Waals surface area contributed by atoms with Crippen molar-refractivity contribution >= 4 is 5.91 Å². The first-order chi connectivity index (χ1) is 9.77. The highest BCUT2D eigenvalue weighted by Gasteiger charge is 2.37. The largest absolute Gasteiger partial charge is 0.342 e. The summed E-state index contributed by atoms with van der Waals surface area (Å²) < 4.78 is 0. The molecule has 1 saturated carbocycles. The Hall–Kier alpha value is -2.26. The van der Waals surface area contributed by atoms with Gasteiger partial charge in [-0.05, 0) is 25.0 Å². The maximum atomic E-state index is 12.3. The van der Waals surface area contributed by atoms with Gasteiger partial charge in [0.2, 0.25) is 5.91 Å². The summed E-state index contributed by atoms with van der Waals surface area (Å²) in [5.41, 5.74) is 0.302. The van der Waals surface area contributed by atoms with Crippen LogP contribution in [0, 0.1) is 28.6 Å². The Labute approximate surface area is 120 Å². The van der Waals surface area contributed by atoms with Gasteiger partial charge in [-0.3, -0.25) is 4.79 Å². The molecule has 0 aliphatic heterocycles. The van der Waals surface area contributed by atoms with E-state index in [1.807, 2.05) is 36.4 Å². The van der Waals surface area contributed by atoms with Gasteiger partial charge in [0.1, 0.15) is 12.0 Å². The molecule has 0 aromatic heterocycles. The van der Waals surface area contributed by atoms with Crippen LogP contribution in [0.5, 0.6) is 0 Å². The van der Waals surface area contributed by atoms with Crippen LogP contribution in [-0.2, 0) is 4.79 Å². The summed E-state index contributed by atoms with van der Waals surface area (Å²) in [6.45, 7) is 0.0492. The van der Waals surface area contributed by atoms with Crippen molar-refractivity contribution in [2.45, 2.75) is 32.1 Å². The zero-order valence-electron chi connectivity index (χ0n) is 11.5. The highest BCUT2D eigenvalue weighted by Crippen LogP contribution is 2.36. The van der Waals surface area contributed by atoms with Crippen LogP contribution in [-0.4, -0.2) is 12.5 Å². The molecule has 0 atom stereocenters. The van der Waals surface area contributed by atoms with Crippen molar-refractivity contribution in [2.24, 2.45) is 5.41 Å².